The number of piperidine rings is 1. The maximum absolute atomic E-state index is 14.6. The summed E-state index contributed by atoms with van der Waals surface area (Å²) in [5, 5.41) is 0. The van der Waals surface area contributed by atoms with Gasteiger partial charge in [-0.3, -0.25) is 30.0 Å². The molecule has 2 fully saturated rings. The Morgan fingerprint density at radius 2 is 1.74 bits per heavy atom. The Morgan fingerprint density at radius 1 is 1.04 bits per heavy atom. The Hall–Kier alpha value is -4.20. The number of morpholine rings is 1. The fourth-order valence-corrected chi connectivity index (χ4v) is 5.81. The first-order valence-electron chi connectivity index (χ1n) is 15.9. The van der Waals surface area contributed by atoms with Crippen molar-refractivity contribution >= 4 is 40.8 Å². The van der Waals surface area contributed by atoms with Gasteiger partial charge in [0.1, 0.15) is 5.60 Å². The molecule has 0 radical (unpaired) electrons. The average molecular weight is 642 g/mol. The van der Waals surface area contributed by atoms with Gasteiger partial charge in [0.25, 0.3) is 5.91 Å². The van der Waals surface area contributed by atoms with E-state index in [0.29, 0.717) is 50.3 Å². The van der Waals surface area contributed by atoms with Crippen LogP contribution in [0.15, 0.2) is 24.3 Å². The molecule has 2 atom stereocenters. The molecular formula is C32H47N7O7. The molecule has 14 nitrogen and oxygen atoms in total. The maximum Gasteiger partial charge on any atom is 0.410 e. The number of para-hydroxylation sites is 2. The van der Waals surface area contributed by atoms with E-state index in [4.69, 9.17) is 14.5 Å². The summed E-state index contributed by atoms with van der Waals surface area (Å²) in [6, 6.07) is 6.79. The van der Waals surface area contributed by atoms with Gasteiger partial charge >= 0.3 is 6.09 Å². The molecule has 46 heavy (non-hydrogen) atoms. The number of rotatable bonds is 8. The van der Waals surface area contributed by atoms with Crippen LogP contribution in [0.4, 0.5) is 4.79 Å². The lowest BCUT2D eigenvalue weighted by atomic mass is 9.91. The fraction of sp³-hybridized carbons (Fsp3) is 0.625. The van der Waals surface area contributed by atoms with Crippen LogP contribution in [0.3, 0.4) is 0 Å². The van der Waals surface area contributed by atoms with E-state index in [2.05, 4.69) is 10.9 Å². The Bertz CT molecular complexity index is 1430. The predicted octanol–water partition coefficient (Wildman–Crippen LogP) is 2.18. The van der Waals surface area contributed by atoms with E-state index in [1.54, 1.807) is 46.1 Å². The van der Waals surface area contributed by atoms with Crippen LogP contribution in [0.25, 0.3) is 11.0 Å². The van der Waals surface area contributed by atoms with Crippen molar-refractivity contribution < 1.29 is 33.4 Å². The van der Waals surface area contributed by atoms with Crippen LogP contribution < -0.4 is 10.9 Å². The molecule has 1 aromatic carbocycles. The van der Waals surface area contributed by atoms with Crippen LogP contribution in [0.1, 0.15) is 65.0 Å². The van der Waals surface area contributed by atoms with Crippen molar-refractivity contribution in [2.75, 3.05) is 45.9 Å². The second-order valence-corrected chi connectivity index (χ2v) is 13.3. The van der Waals surface area contributed by atoms with Crippen LogP contribution in [0, 0.1) is 11.8 Å². The topological polar surface area (TPSA) is 155 Å². The number of nitrogens with one attached hydrogen (secondary N) is 2. The number of likely N-dealkylation sites (tertiary alicyclic amines) is 1. The van der Waals surface area contributed by atoms with Gasteiger partial charge in [0.15, 0.2) is 5.82 Å². The number of ether oxygens (including phenoxy) is 2. The number of aryl methyl sites for hydroxylation is 1. The molecule has 2 aromatic rings. The third-order valence-corrected chi connectivity index (χ3v) is 7.80. The second kappa shape index (κ2) is 14.9. The van der Waals surface area contributed by atoms with Crippen molar-refractivity contribution in [3.05, 3.63) is 30.1 Å². The molecule has 2 N–H and O–H groups in total. The highest BCUT2D eigenvalue weighted by Gasteiger charge is 2.42. The Morgan fingerprint density at radius 3 is 2.39 bits per heavy atom. The van der Waals surface area contributed by atoms with Crippen molar-refractivity contribution in [1.29, 1.82) is 0 Å². The van der Waals surface area contributed by atoms with Crippen LogP contribution in [-0.4, -0.2) is 112 Å². The van der Waals surface area contributed by atoms with Crippen LogP contribution in [0.5, 0.6) is 0 Å². The van der Waals surface area contributed by atoms with Gasteiger partial charge in [0.05, 0.1) is 36.2 Å². The molecule has 0 bridgehead atoms. The van der Waals surface area contributed by atoms with Gasteiger partial charge in [-0.05, 0) is 45.2 Å². The van der Waals surface area contributed by atoms with E-state index in [-0.39, 0.29) is 49.6 Å². The molecule has 4 rings (SSSR count). The molecule has 0 spiro atoms. The molecule has 2 aliphatic heterocycles. The number of carbonyl (C=O) groups is 5. The van der Waals surface area contributed by atoms with Gasteiger partial charge < -0.3 is 28.7 Å². The van der Waals surface area contributed by atoms with E-state index >= 15 is 0 Å². The summed E-state index contributed by atoms with van der Waals surface area (Å²) in [5.41, 5.74) is 5.17. The number of aromatic nitrogens is 2. The van der Waals surface area contributed by atoms with Crippen molar-refractivity contribution in [2.24, 2.45) is 11.8 Å². The van der Waals surface area contributed by atoms with Gasteiger partial charge in [-0.2, -0.15) is 0 Å². The van der Waals surface area contributed by atoms with E-state index < -0.39 is 35.5 Å². The number of benzene rings is 1. The van der Waals surface area contributed by atoms with E-state index in [9.17, 15) is 24.0 Å². The van der Waals surface area contributed by atoms with Crippen LogP contribution in [-0.2, 0) is 30.4 Å². The lowest BCUT2D eigenvalue weighted by Crippen LogP contribution is -2.58. The van der Waals surface area contributed by atoms with Crippen molar-refractivity contribution in [1.82, 2.24) is 35.1 Å². The molecule has 1 aromatic heterocycles. The molecule has 0 saturated carbocycles. The largest absolute Gasteiger partial charge is 0.444 e. The van der Waals surface area contributed by atoms with Gasteiger partial charge in [-0.25, -0.2) is 9.78 Å². The first kappa shape index (κ1) is 34.7. The molecule has 14 heteroatoms. The Balaban J connectivity index is 1.67. The van der Waals surface area contributed by atoms with Gasteiger partial charge in [-0.1, -0.05) is 26.0 Å². The number of nitrogens with zero attached hydrogens (tertiary/aromatic N) is 5. The third kappa shape index (κ3) is 8.95. The number of hydrogen-bond acceptors (Lipinski definition) is 8. The number of carbonyl (C=O) groups excluding carboxylic acids is 5. The zero-order chi connectivity index (χ0) is 33.6. The van der Waals surface area contributed by atoms with Gasteiger partial charge in [-0.15, -0.1) is 0 Å². The number of fused-ring (bicyclic) bond motifs is 1. The summed E-state index contributed by atoms with van der Waals surface area (Å²) in [6.07, 6.45) is -0.184. The molecule has 252 valence electrons. The smallest absolute Gasteiger partial charge is 0.410 e. The second-order valence-electron chi connectivity index (χ2n) is 13.3. The van der Waals surface area contributed by atoms with Crippen molar-refractivity contribution in [3.8, 4) is 0 Å². The first-order valence-corrected chi connectivity index (χ1v) is 15.9. The minimum absolute atomic E-state index is 0.0168. The molecule has 2 aliphatic rings. The zero-order valence-electron chi connectivity index (χ0n) is 27.7. The minimum Gasteiger partial charge on any atom is -0.444 e. The number of hydrogen-bond donors (Lipinski definition) is 2. The average Bonchev–Trinajstić information content (AvgIpc) is 3.38. The predicted molar refractivity (Wildman–Crippen MR) is 169 cm³/mol. The molecule has 3 heterocycles. The number of imidazole rings is 1. The number of amides is 5. The summed E-state index contributed by atoms with van der Waals surface area (Å²) in [7, 11) is 0. The summed E-state index contributed by atoms with van der Waals surface area (Å²) >= 11 is 0. The van der Waals surface area contributed by atoms with Gasteiger partial charge in [0, 0.05) is 52.6 Å². The van der Waals surface area contributed by atoms with Crippen LogP contribution in [0.2, 0.25) is 0 Å². The maximum atomic E-state index is 14.6. The lowest BCUT2D eigenvalue weighted by Gasteiger charge is -2.44. The molecular weight excluding hydrogens is 594 g/mol. The van der Waals surface area contributed by atoms with Gasteiger partial charge in [0.2, 0.25) is 17.7 Å². The summed E-state index contributed by atoms with van der Waals surface area (Å²) in [5.74, 6) is -1.58. The lowest BCUT2D eigenvalue weighted by molar-refractivity contribution is -0.142. The highest BCUT2D eigenvalue weighted by Crippen LogP contribution is 2.28. The van der Waals surface area contributed by atoms with E-state index in [1.165, 1.54) is 6.92 Å². The van der Waals surface area contributed by atoms with Crippen LogP contribution >= 0.6 is 0 Å². The quantitative estimate of drug-likeness (QED) is 0.416. The highest BCUT2D eigenvalue weighted by molar-refractivity contribution is 5.95. The molecule has 1 unspecified atom stereocenters. The van der Waals surface area contributed by atoms with E-state index in [0.717, 1.165) is 0 Å². The summed E-state index contributed by atoms with van der Waals surface area (Å²) in [6.45, 7) is 13.4. The van der Waals surface area contributed by atoms with Crippen molar-refractivity contribution in [3.63, 3.8) is 0 Å². The third-order valence-electron chi connectivity index (χ3n) is 7.80. The highest BCUT2D eigenvalue weighted by atomic mass is 16.6. The standard InChI is InChI=1S/C32H47N7O7/c1-21(2)18-39(30(43)28-33-25-9-7-8-10-26(25)38(28)12-11-27(41)35-34-22(3)40)24-17-23(29(42)36-13-15-45-16-14-36)19-37(20-24)31(44)46-32(4,5)6/h7-10,21,23-24H,11-20H2,1-6H3,(H,34,40)(H,35,41)/t23-,24?/m1/s1. The molecule has 2 saturated heterocycles. The first-order chi connectivity index (χ1) is 21.7. The minimum atomic E-state index is -0.738. The normalized spacial score (nSPS) is 18.8. The van der Waals surface area contributed by atoms with E-state index in [1.807, 2.05) is 32.0 Å². The summed E-state index contributed by atoms with van der Waals surface area (Å²) in [4.78, 5) is 75.1. The Labute approximate surface area is 269 Å². The monoisotopic (exact) mass is 641 g/mol. The fourth-order valence-electron chi connectivity index (χ4n) is 5.81. The zero-order valence-corrected chi connectivity index (χ0v) is 27.7. The van der Waals surface area contributed by atoms with Crippen molar-refractivity contribution in [2.45, 2.75) is 72.6 Å². The SMILES string of the molecule is CC(=O)NNC(=O)CCn1c(C(=O)N(CC(C)C)C2C[C@@H](C(=O)N3CCOCC3)CN(C(=O)OC(C)(C)C)C2)nc2ccccc21. The number of hydrazine groups is 1. The molecule has 5 amide bonds. The Kier molecular flexibility index (Phi) is 11.3. The molecule has 0 aliphatic carbocycles. The summed E-state index contributed by atoms with van der Waals surface area (Å²) < 4.78 is 12.9.